The number of aromatic nitrogens is 1. The predicted octanol–water partition coefficient (Wildman–Crippen LogP) is 2.56. The molecule has 2 heterocycles. The van der Waals surface area contributed by atoms with E-state index in [-0.39, 0.29) is 18.0 Å². The van der Waals surface area contributed by atoms with E-state index < -0.39 is 22.0 Å². The van der Waals surface area contributed by atoms with Crippen molar-refractivity contribution in [1.82, 2.24) is 9.29 Å². The number of rotatable bonds is 6. The Hall–Kier alpha value is -2.45. The van der Waals surface area contributed by atoms with E-state index in [2.05, 4.69) is 4.98 Å². The van der Waals surface area contributed by atoms with Crippen LogP contribution in [-0.4, -0.2) is 47.5 Å². The molecule has 3 rings (SSSR count). The molecule has 1 atom stereocenters. The summed E-state index contributed by atoms with van der Waals surface area (Å²) < 4.78 is 27.3. The summed E-state index contributed by atoms with van der Waals surface area (Å²) in [5, 5.41) is 0.00590. The smallest absolute Gasteiger partial charge is 0.243 e. The number of hydrogen-bond donors (Lipinski definition) is 0. The molecule has 1 aliphatic rings. The summed E-state index contributed by atoms with van der Waals surface area (Å²) in [4.78, 5) is 28.7. The summed E-state index contributed by atoms with van der Waals surface area (Å²) in [6.45, 7) is 0.524. The first-order valence-corrected chi connectivity index (χ1v) is 10.9. The molecule has 0 radical (unpaired) electrons. The van der Waals surface area contributed by atoms with Gasteiger partial charge in [0.25, 0.3) is 10.0 Å². The van der Waals surface area contributed by atoms with Crippen molar-refractivity contribution in [2.45, 2.75) is 43.2 Å². The molecule has 0 N–H and O–H groups in total. The molecule has 1 aromatic heterocycles. The molecule has 2 aromatic rings. The van der Waals surface area contributed by atoms with E-state index in [1.54, 1.807) is 12.1 Å². The molecule has 28 heavy (non-hydrogen) atoms. The molecule has 1 aliphatic heterocycles. The summed E-state index contributed by atoms with van der Waals surface area (Å²) in [6.07, 6.45) is 3.46. The Labute approximate surface area is 165 Å². The number of amides is 1. The maximum Gasteiger partial charge on any atom is 0.433 e. The normalized spacial score (nSPS) is 18.4. The van der Waals surface area contributed by atoms with Crippen LogP contribution < -0.4 is 0 Å². The minimum Gasteiger partial charge on any atom is -0.243 e. The van der Waals surface area contributed by atoms with Crippen LogP contribution in [0, 0.1) is 4.91 Å². The zero-order chi connectivity index (χ0) is 20.0. The number of carbonyl (C=O) groups is 1. The first kappa shape index (κ1) is 20.3. The van der Waals surface area contributed by atoms with Crippen LogP contribution in [0.25, 0.3) is 0 Å². The number of aryl methyl sites for hydroxylation is 1. The number of pyridine rings is 1. The highest BCUT2D eigenvalue weighted by molar-refractivity contribution is 7.89. The average Bonchev–Trinajstić information content (AvgIpc) is 2.99. The highest BCUT2D eigenvalue weighted by atomic mass is 32.2. The maximum absolute atomic E-state index is 12.7. The molecular formula is C20H24N3O4S+. The fraction of sp³-hybridized carbons (Fsp3) is 0.400. The van der Waals surface area contributed by atoms with Crippen LogP contribution in [-0.2, 0) is 21.2 Å². The average molecular weight is 402 g/mol. The Balaban J connectivity index is 1.58. The van der Waals surface area contributed by atoms with Gasteiger partial charge < -0.3 is 0 Å². The molecule has 1 saturated heterocycles. The van der Waals surface area contributed by atoms with Crippen molar-refractivity contribution in [3.63, 3.8) is 0 Å². The van der Waals surface area contributed by atoms with Gasteiger partial charge in [-0.15, -0.1) is 0 Å². The van der Waals surface area contributed by atoms with E-state index >= 15 is 0 Å². The number of nitroso groups, excluding NO2 is 1. The monoisotopic (exact) mass is 402 g/mol. The Bertz CT molecular complexity index is 917. The topological polar surface area (TPSA) is 87.4 Å². The van der Waals surface area contributed by atoms with Gasteiger partial charge in [-0.1, -0.05) is 36.4 Å². The van der Waals surface area contributed by atoms with Crippen LogP contribution >= 0.6 is 0 Å². The Kier molecular flexibility index (Phi) is 6.64. The fourth-order valence-electron chi connectivity index (χ4n) is 3.37. The third kappa shape index (κ3) is 4.88. The number of nitrogens with zero attached hydrogens (tertiary/aromatic N) is 3. The predicted molar refractivity (Wildman–Crippen MR) is 104 cm³/mol. The van der Waals surface area contributed by atoms with Crippen molar-refractivity contribution >= 4 is 15.9 Å². The van der Waals surface area contributed by atoms with Crippen molar-refractivity contribution in [2.75, 3.05) is 13.1 Å². The van der Waals surface area contributed by atoms with Crippen molar-refractivity contribution in [2.24, 2.45) is 0 Å². The van der Waals surface area contributed by atoms with E-state index in [0.717, 1.165) is 5.56 Å². The van der Waals surface area contributed by atoms with Gasteiger partial charge in [-0.05, 0) is 30.5 Å². The lowest BCUT2D eigenvalue weighted by Crippen LogP contribution is -2.34. The highest BCUT2D eigenvalue weighted by Gasteiger charge is 2.37. The first-order chi connectivity index (χ1) is 13.5. The number of carbonyl (C=O) groups excluding carboxylic acids is 1. The summed E-state index contributed by atoms with van der Waals surface area (Å²) in [5.74, 6) is -0.449. The van der Waals surface area contributed by atoms with E-state index in [1.165, 1.54) is 16.6 Å². The van der Waals surface area contributed by atoms with Gasteiger partial charge >= 0.3 is 5.91 Å². The molecule has 1 amide bonds. The lowest BCUT2D eigenvalue weighted by molar-refractivity contribution is -0.510. The van der Waals surface area contributed by atoms with Gasteiger partial charge in [0, 0.05) is 37.0 Å². The summed E-state index contributed by atoms with van der Waals surface area (Å²) in [7, 11) is -3.68. The number of benzene rings is 1. The van der Waals surface area contributed by atoms with Crippen molar-refractivity contribution in [3.8, 4) is 0 Å². The van der Waals surface area contributed by atoms with Crippen molar-refractivity contribution < 1.29 is 18.0 Å². The van der Waals surface area contributed by atoms with Crippen LogP contribution in [0.1, 0.15) is 31.2 Å². The SMILES string of the molecule is O=C(CCc1ccccc1)[N+](=O)C1CCCN(S(=O)(=O)c2ccccn2)CC1. The second-order valence-electron chi connectivity index (χ2n) is 6.86. The zero-order valence-electron chi connectivity index (χ0n) is 15.6. The molecule has 0 saturated carbocycles. The van der Waals surface area contributed by atoms with Gasteiger partial charge in [0.2, 0.25) is 6.04 Å². The molecule has 148 valence electrons. The van der Waals surface area contributed by atoms with E-state index in [9.17, 15) is 18.1 Å². The van der Waals surface area contributed by atoms with Crippen LogP contribution in [0.4, 0.5) is 0 Å². The Morgan fingerprint density at radius 3 is 2.54 bits per heavy atom. The van der Waals surface area contributed by atoms with E-state index in [1.807, 2.05) is 30.3 Å². The molecule has 0 aliphatic carbocycles. The second kappa shape index (κ2) is 9.16. The standard InChI is InChI=1S/C20H24N3O4S/c24-20(12-11-17-7-2-1-3-8-17)23(25)18-9-6-15-22(16-13-18)28(26,27)19-10-4-5-14-21-19/h1-5,7-8,10,14,18H,6,9,11-13,15-16H2/q+1. The van der Waals surface area contributed by atoms with Crippen LogP contribution in [0.5, 0.6) is 0 Å². The van der Waals surface area contributed by atoms with E-state index in [4.69, 9.17) is 0 Å². The minimum absolute atomic E-state index is 0.00590. The van der Waals surface area contributed by atoms with Gasteiger partial charge in [0.15, 0.2) is 5.03 Å². The lowest BCUT2D eigenvalue weighted by Gasteiger charge is -2.18. The third-order valence-electron chi connectivity index (χ3n) is 4.95. The van der Waals surface area contributed by atoms with Gasteiger partial charge in [0.05, 0.1) is 11.2 Å². The number of hydrogen-bond acceptors (Lipinski definition) is 5. The van der Waals surface area contributed by atoms with Gasteiger partial charge in [-0.3, -0.25) is 0 Å². The fourth-order valence-corrected chi connectivity index (χ4v) is 4.79. The van der Waals surface area contributed by atoms with E-state index in [0.29, 0.717) is 37.0 Å². The molecule has 0 spiro atoms. The van der Waals surface area contributed by atoms with Crippen LogP contribution in [0.2, 0.25) is 0 Å². The molecular weight excluding hydrogens is 378 g/mol. The molecule has 1 fully saturated rings. The largest absolute Gasteiger partial charge is 0.433 e. The molecule has 8 heteroatoms. The first-order valence-electron chi connectivity index (χ1n) is 9.43. The van der Waals surface area contributed by atoms with Crippen LogP contribution in [0.3, 0.4) is 0 Å². The van der Waals surface area contributed by atoms with Crippen molar-refractivity contribution in [3.05, 3.63) is 65.2 Å². The quantitative estimate of drug-likeness (QED) is 0.693. The molecule has 1 unspecified atom stereocenters. The number of sulfonamides is 1. The zero-order valence-corrected chi connectivity index (χ0v) is 16.4. The Morgan fingerprint density at radius 1 is 1.07 bits per heavy atom. The van der Waals surface area contributed by atoms with Gasteiger partial charge in [-0.25, -0.2) is 18.2 Å². The third-order valence-corrected chi connectivity index (χ3v) is 6.76. The highest BCUT2D eigenvalue weighted by Crippen LogP contribution is 2.21. The van der Waals surface area contributed by atoms with Crippen molar-refractivity contribution in [1.29, 1.82) is 0 Å². The Morgan fingerprint density at radius 2 is 1.82 bits per heavy atom. The molecule has 0 bridgehead atoms. The molecule has 1 aromatic carbocycles. The van der Waals surface area contributed by atoms with Crippen LogP contribution in [0.15, 0.2) is 59.8 Å². The summed E-state index contributed by atoms with van der Waals surface area (Å²) in [6, 6.07) is 13.8. The van der Waals surface area contributed by atoms with Gasteiger partial charge in [0.1, 0.15) is 0 Å². The molecule has 7 nitrogen and oxygen atoms in total. The summed E-state index contributed by atoms with van der Waals surface area (Å²) in [5.41, 5.74) is 1.01. The minimum atomic E-state index is -3.68. The maximum atomic E-state index is 12.7. The summed E-state index contributed by atoms with van der Waals surface area (Å²) >= 11 is 0. The lowest BCUT2D eigenvalue weighted by atomic mass is 10.1. The van der Waals surface area contributed by atoms with Gasteiger partial charge in [-0.2, -0.15) is 4.31 Å². The second-order valence-corrected chi connectivity index (χ2v) is 8.75.